The van der Waals surface area contributed by atoms with Gasteiger partial charge in [0.05, 0.1) is 24.7 Å². The lowest BCUT2D eigenvalue weighted by Gasteiger charge is -2.04. The van der Waals surface area contributed by atoms with Gasteiger partial charge in [-0.3, -0.25) is 9.48 Å². The molecule has 8 nitrogen and oxygen atoms in total. The molecule has 0 saturated carbocycles. The molecule has 4 heterocycles. The molecule has 0 aliphatic carbocycles. The van der Waals surface area contributed by atoms with Crippen molar-refractivity contribution in [1.29, 1.82) is 0 Å². The van der Waals surface area contributed by atoms with Gasteiger partial charge in [-0.25, -0.2) is 9.50 Å². The van der Waals surface area contributed by atoms with Crippen LogP contribution in [0.3, 0.4) is 0 Å². The van der Waals surface area contributed by atoms with Crippen LogP contribution >= 0.6 is 0 Å². The van der Waals surface area contributed by atoms with Gasteiger partial charge in [-0.05, 0) is 32.0 Å². The summed E-state index contributed by atoms with van der Waals surface area (Å²) in [6.07, 6.45) is 5.09. The van der Waals surface area contributed by atoms with Crippen LogP contribution < -0.4 is 5.32 Å². The summed E-state index contributed by atoms with van der Waals surface area (Å²) in [5.74, 6) is 0.405. The summed E-state index contributed by atoms with van der Waals surface area (Å²) in [7, 11) is 0. The Bertz CT molecular complexity index is 1060. The summed E-state index contributed by atoms with van der Waals surface area (Å²) in [6, 6.07) is 7.12. The second-order valence-electron chi connectivity index (χ2n) is 5.85. The maximum atomic E-state index is 12.4. The smallest absolute Gasteiger partial charge is 0.272 e. The number of nitrogens with one attached hydrogen (secondary N) is 1. The van der Waals surface area contributed by atoms with E-state index in [0.717, 1.165) is 23.5 Å². The fourth-order valence-corrected chi connectivity index (χ4v) is 2.90. The van der Waals surface area contributed by atoms with Crippen LogP contribution in [-0.2, 0) is 13.1 Å². The third-order valence-electron chi connectivity index (χ3n) is 4.27. The lowest BCUT2D eigenvalue weighted by molar-refractivity contribution is 0.0942. The molecule has 4 aromatic heterocycles. The first-order valence-electron chi connectivity index (χ1n) is 8.35. The molecule has 0 fully saturated rings. The highest BCUT2D eigenvalue weighted by molar-refractivity contribution is 5.93. The van der Waals surface area contributed by atoms with Crippen LogP contribution in [0, 0.1) is 6.92 Å². The van der Waals surface area contributed by atoms with Crippen molar-refractivity contribution in [3.05, 3.63) is 60.1 Å². The number of carbonyl (C=O) groups excluding carboxylic acids is 1. The molecule has 1 N–H and O–H groups in total. The number of aromatic nitrogens is 5. The van der Waals surface area contributed by atoms with Crippen LogP contribution in [0.15, 0.2) is 47.3 Å². The summed E-state index contributed by atoms with van der Waals surface area (Å²) in [4.78, 5) is 16.7. The van der Waals surface area contributed by atoms with Gasteiger partial charge in [0.2, 0.25) is 0 Å². The Labute approximate surface area is 149 Å². The van der Waals surface area contributed by atoms with Gasteiger partial charge in [0.15, 0.2) is 11.3 Å². The first-order chi connectivity index (χ1) is 12.7. The first-order valence-corrected chi connectivity index (χ1v) is 8.35. The molecule has 0 spiro atoms. The fraction of sp³-hybridized carbons (Fsp3) is 0.222. The van der Waals surface area contributed by atoms with E-state index in [4.69, 9.17) is 4.42 Å². The summed E-state index contributed by atoms with van der Waals surface area (Å²) in [5.41, 5.74) is 3.76. The molecule has 0 aliphatic rings. The molecule has 0 aliphatic heterocycles. The van der Waals surface area contributed by atoms with Gasteiger partial charge < -0.3 is 9.73 Å². The van der Waals surface area contributed by atoms with Crippen molar-refractivity contribution >= 4 is 11.6 Å². The highest BCUT2D eigenvalue weighted by Crippen LogP contribution is 2.23. The van der Waals surface area contributed by atoms with Crippen molar-refractivity contribution in [2.24, 2.45) is 0 Å². The molecule has 0 aromatic carbocycles. The second kappa shape index (κ2) is 6.47. The van der Waals surface area contributed by atoms with Gasteiger partial charge in [0, 0.05) is 30.1 Å². The van der Waals surface area contributed by atoms with Crippen LogP contribution in [0.25, 0.3) is 16.9 Å². The predicted molar refractivity (Wildman–Crippen MR) is 94.5 cm³/mol. The summed E-state index contributed by atoms with van der Waals surface area (Å²) in [6.45, 7) is 5.15. The van der Waals surface area contributed by atoms with Crippen LogP contribution in [-0.4, -0.2) is 30.3 Å². The number of nitrogens with zero attached hydrogens (tertiary/aromatic N) is 5. The molecule has 4 aromatic rings. The van der Waals surface area contributed by atoms with E-state index in [1.54, 1.807) is 35.2 Å². The largest absolute Gasteiger partial charge is 0.467 e. The van der Waals surface area contributed by atoms with E-state index in [-0.39, 0.29) is 5.91 Å². The van der Waals surface area contributed by atoms with Crippen LogP contribution in [0.2, 0.25) is 0 Å². The second-order valence-corrected chi connectivity index (χ2v) is 5.85. The molecule has 8 heteroatoms. The lowest BCUT2D eigenvalue weighted by Crippen LogP contribution is -2.23. The average Bonchev–Trinajstić information content (AvgIpc) is 3.38. The summed E-state index contributed by atoms with van der Waals surface area (Å²) >= 11 is 0. The number of carbonyl (C=O) groups is 1. The number of fused-ring (bicyclic) bond motifs is 1. The maximum Gasteiger partial charge on any atom is 0.272 e. The highest BCUT2D eigenvalue weighted by atomic mass is 16.3. The van der Waals surface area contributed by atoms with Gasteiger partial charge in [0.25, 0.3) is 5.91 Å². The van der Waals surface area contributed by atoms with E-state index in [9.17, 15) is 4.79 Å². The van der Waals surface area contributed by atoms with Crippen molar-refractivity contribution < 1.29 is 9.21 Å². The van der Waals surface area contributed by atoms with Gasteiger partial charge in [-0.15, -0.1) is 0 Å². The Kier molecular flexibility index (Phi) is 4.00. The monoisotopic (exact) mass is 350 g/mol. The van der Waals surface area contributed by atoms with Gasteiger partial charge in [-0.1, -0.05) is 0 Å². The van der Waals surface area contributed by atoms with E-state index >= 15 is 0 Å². The van der Waals surface area contributed by atoms with Crippen molar-refractivity contribution in [2.45, 2.75) is 26.9 Å². The van der Waals surface area contributed by atoms with Crippen molar-refractivity contribution in [2.75, 3.05) is 0 Å². The third-order valence-corrected chi connectivity index (χ3v) is 4.27. The summed E-state index contributed by atoms with van der Waals surface area (Å²) in [5, 5.41) is 11.6. The molecule has 0 unspecified atom stereocenters. The third kappa shape index (κ3) is 2.75. The minimum Gasteiger partial charge on any atom is -0.467 e. The predicted octanol–water partition coefficient (Wildman–Crippen LogP) is 2.44. The van der Waals surface area contributed by atoms with Gasteiger partial charge >= 0.3 is 0 Å². The Hall–Kier alpha value is -3.42. The van der Waals surface area contributed by atoms with E-state index in [0.29, 0.717) is 23.6 Å². The number of hydrogen-bond acceptors (Lipinski definition) is 5. The molecule has 0 bridgehead atoms. The minimum absolute atomic E-state index is 0.279. The summed E-state index contributed by atoms with van der Waals surface area (Å²) < 4.78 is 8.81. The van der Waals surface area contributed by atoms with Crippen LogP contribution in [0.1, 0.15) is 28.9 Å². The zero-order chi connectivity index (χ0) is 18.1. The molecular formula is C18H18N6O2. The van der Waals surface area contributed by atoms with Crippen molar-refractivity contribution in [1.82, 2.24) is 29.7 Å². The number of hydrogen-bond donors (Lipinski definition) is 1. The fourth-order valence-electron chi connectivity index (χ4n) is 2.90. The lowest BCUT2D eigenvalue weighted by atomic mass is 10.2. The Balaban J connectivity index is 1.67. The maximum absolute atomic E-state index is 12.4. The van der Waals surface area contributed by atoms with Gasteiger partial charge in [-0.2, -0.15) is 10.2 Å². The zero-order valence-electron chi connectivity index (χ0n) is 14.5. The number of amides is 1. The Morgan fingerprint density at radius 2 is 2.23 bits per heavy atom. The Morgan fingerprint density at radius 3 is 2.96 bits per heavy atom. The van der Waals surface area contributed by atoms with Gasteiger partial charge in [0.1, 0.15) is 5.76 Å². The number of aryl methyl sites for hydroxylation is 1. The molecule has 0 radical (unpaired) electrons. The first kappa shape index (κ1) is 16.1. The van der Waals surface area contributed by atoms with E-state index in [2.05, 4.69) is 20.5 Å². The molecule has 0 saturated heterocycles. The SMILES string of the molecule is CCn1ncc(-c2ccnc3cc(C(=O)NCc4ccco4)nn23)c1C. The van der Waals surface area contributed by atoms with Crippen LogP contribution in [0.4, 0.5) is 0 Å². The quantitative estimate of drug-likeness (QED) is 0.597. The van der Waals surface area contributed by atoms with E-state index in [1.165, 1.54) is 0 Å². The molecule has 0 atom stereocenters. The van der Waals surface area contributed by atoms with E-state index < -0.39 is 0 Å². The molecule has 26 heavy (non-hydrogen) atoms. The normalized spacial score (nSPS) is 11.2. The Morgan fingerprint density at radius 1 is 1.35 bits per heavy atom. The number of furan rings is 1. The van der Waals surface area contributed by atoms with Crippen molar-refractivity contribution in [3.63, 3.8) is 0 Å². The molecular weight excluding hydrogens is 332 g/mol. The molecule has 1 amide bonds. The zero-order valence-corrected chi connectivity index (χ0v) is 14.5. The highest BCUT2D eigenvalue weighted by Gasteiger charge is 2.16. The number of rotatable bonds is 5. The van der Waals surface area contributed by atoms with Crippen molar-refractivity contribution in [3.8, 4) is 11.3 Å². The van der Waals surface area contributed by atoms with Crippen LogP contribution in [0.5, 0.6) is 0 Å². The molecule has 4 rings (SSSR count). The topological polar surface area (TPSA) is 90.2 Å². The van der Waals surface area contributed by atoms with E-state index in [1.807, 2.05) is 30.8 Å². The minimum atomic E-state index is -0.279. The average molecular weight is 350 g/mol. The standard InChI is InChI=1S/C18H18N6O2/c1-3-23-12(2)14(11-21-23)16-6-7-19-17-9-15(22-24(16)17)18(25)20-10-13-5-4-8-26-13/h4-9,11H,3,10H2,1-2H3,(H,20,25). The molecule has 132 valence electrons.